The van der Waals surface area contributed by atoms with Gasteiger partial charge in [0.25, 0.3) is 0 Å². The number of ether oxygens (including phenoxy) is 1. The molecule has 1 N–H and O–H groups in total. The molecule has 1 aliphatic heterocycles. The van der Waals surface area contributed by atoms with Crippen LogP contribution in [0.5, 0.6) is 0 Å². The fraction of sp³-hybridized carbons (Fsp3) is 0.647. The molecule has 1 heterocycles. The van der Waals surface area contributed by atoms with Gasteiger partial charge in [-0.3, -0.25) is 0 Å². The number of hydrogen-bond donors (Lipinski definition) is 1. The molecular formula is C17H26O2. The lowest BCUT2D eigenvalue weighted by Crippen LogP contribution is -2.23. The van der Waals surface area contributed by atoms with E-state index in [1.54, 1.807) is 0 Å². The van der Waals surface area contributed by atoms with E-state index in [2.05, 4.69) is 45.0 Å². The second-order valence-electron chi connectivity index (χ2n) is 6.52. The Kier molecular flexibility index (Phi) is 4.64. The van der Waals surface area contributed by atoms with E-state index in [1.807, 2.05) is 0 Å². The minimum Gasteiger partial charge on any atom is -0.396 e. The lowest BCUT2D eigenvalue weighted by Gasteiger charge is -2.22. The first kappa shape index (κ1) is 14.5. The molecule has 106 valence electrons. The molecule has 0 aromatic heterocycles. The highest BCUT2D eigenvalue weighted by atomic mass is 16.5. The molecular weight excluding hydrogens is 236 g/mol. The zero-order chi connectivity index (χ0) is 13.9. The van der Waals surface area contributed by atoms with Gasteiger partial charge in [0, 0.05) is 6.61 Å². The molecule has 1 aromatic rings. The van der Waals surface area contributed by atoms with Crippen LogP contribution < -0.4 is 0 Å². The second-order valence-corrected chi connectivity index (χ2v) is 6.52. The van der Waals surface area contributed by atoms with Gasteiger partial charge in [0.1, 0.15) is 0 Å². The average molecular weight is 262 g/mol. The summed E-state index contributed by atoms with van der Waals surface area (Å²) < 4.78 is 6.03. The third-order valence-electron chi connectivity index (χ3n) is 4.02. The Morgan fingerprint density at radius 2 is 2.21 bits per heavy atom. The fourth-order valence-electron chi connectivity index (χ4n) is 3.01. The number of aliphatic hydroxyl groups excluding tert-OH is 1. The molecule has 1 fully saturated rings. The van der Waals surface area contributed by atoms with Crippen molar-refractivity contribution in [3.05, 3.63) is 35.4 Å². The molecule has 0 spiro atoms. The highest BCUT2D eigenvalue weighted by Gasteiger charge is 2.32. The Labute approximate surface area is 116 Å². The Hall–Kier alpha value is -0.860. The first-order chi connectivity index (χ1) is 8.98. The normalized spacial score (nSPS) is 23.5. The number of aryl methyl sites for hydroxylation is 1. The Balaban J connectivity index is 1.90. The van der Waals surface area contributed by atoms with E-state index < -0.39 is 0 Å². The number of rotatable bonds is 5. The van der Waals surface area contributed by atoms with Crippen LogP contribution in [-0.2, 0) is 11.2 Å². The number of aliphatic hydroxyl groups is 1. The molecule has 1 aliphatic rings. The van der Waals surface area contributed by atoms with Gasteiger partial charge in [0.05, 0.1) is 11.7 Å². The summed E-state index contributed by atoms with van der Waals surface area (Å²) in [4.78, 5) is 0. The van der Waals surface area contributed by atoms with Gasteiger partial charge < -0.3 is 9.84 Å². The Morgan fingerprint density at radius 1 is 1.42 bits per heavy atom. The highest BCUT2D eigenvalue weighted by molar-refractivity contribution is 5.22. The van der Waals surface area contributed by atoms with E-state index in [0.717, 1.165) is 25.7 Å². The average Bonchev–Trinajstić information content (AvgIpc) is 2.68. The van der Waals surface area contributed by atoms with Gasteiger partial charge in [-0.05, 0) is 57.9 Å². The minimum atomic E-state index is 0.0218. The molecule has 2 unspecified atom stereocenters. The second kappa shape index (κ2) is 6.06. The molecule has 1 saturated heterocycles. The van der Waals surface area contributed by atoms with Gasteiger partial charge in [0.2, 0.25) is 0 Å². The third-order valence-corrected chi connectivity index (χ3v) is 4.02. The molecule has 2 nitrogen and oxygen atoms in total. The van der Waals surface area contributed by atoms with Gasteiger partial charge in [-0.2, -0.15) is 0 Å². The first-order valence-corrected chi connectivity index (χ1v) is 7.33. The van der Waals surface area contributed by atoms with Crippen LogP contribution in [0.15, 0.2) is 24.3 Å². The smallest absolute Gasteiger partial charge is 0.0631 e. The summed E-state index contributed by atoms with van der Waals surface area (Å²) in [6.45, 7) is 6.66. The van der Waals surface area contributed by atoms with E-state index in [0.29, 0.717) is 12.0 Å². The Bertz CT molecular complexity index is 411. The molecule has 0 radical (unpaired) electrons. The lowest BCUT2D eigenvalue weighted by molar-refractivity contribution is -0.0276. The summed E-state index contributed by atoms with van der Waals surface area (Å²) in [5.41, 5.74) is 2.62. The van der Waals surface area contributed by atoms with Crippen molar-refractivity contribution in [2.45, 2.75) is 58.2 Å². The summed E-state index contributed by atoms with van der Waals surface area (Å²) in [5, 5.41) is 9.59. The maximum absolute atomic E-state index is 9.59. The fourth-order valence-corrected chi connectivity index (χ4v) is 3.01. The van der Waals surface area contributed by atoms with Crippen molar-refractivity contribution in [3.63, 3.8) is 0 Å². The predicted molar refractivity (Wildman–Crippen MR) is 78.3 cm³/mol. The van der Waals surface area contributed by atoms with Crippen molar-refractivity contribution in [3.8, 4) is 0 Å². The van der Waals surface area contributed by atoms with Gasteiger partial charge in [-0.1, -0.05) is 29.8 Å². The van der Waals surface area contributed by atoms with Crippen LogP contribution in [0.1, 0.15) is 44.2 Å². The summed E-state index contributed by atoms with van der Waals surface area (Å²) in [6, 6.07) is 8.56. The van der Waals surface area contributed by atoms with Crippen molar-refractivity contribution in [1.29, 1.82) is 0 Å². The van der Waals surface area contributed by atoms with Gasteiger partial charge in [-0.25, -0.2) is 0 Å². The van der Waals surface area contributed by atoms with E-state index >= 15 is 0 Å². The zero-order valence-electron chi connectivity index (χ0n) is 12.4. The molecule has 2 heteroatoms. The number of hydrogen-bond acceptors (Lipinski definition) is 2. The van der Waals surface area contributed by atoms with Gasteiger partial charge >= 0.3 is 0 Å². The third kappa shape index (κ3) is 4.32. The van der Waals surface area contributed by atoms with Crippen molar-refractivity contribution in [1.82, 2.24) is 0 Å². The zero-order valence-corrected chi connectivity index (χ0v) is 12.4. The molecule has 2 rings (SSSR count). The van der Waals surface area contributed by atoms with Crippen LogP contribution in [0, 0.1) is 12.8 Å². The predicted octanol–water partition coefficient (Wildman–Crippen LogP) is 3.49. The Morgan fingerprint density at radius 3 is 2.79 bits per heavy atom. The van der Waals surface area contributed by atoms with E-state index in [9.17, 15) is 5.11 Å². The van der Waals surface area contributed by atoms with Crippen molar-refractivity contribution < 1.29 is 9.84 Å². The van der Waals surface area contributed by atoms with E-state index in [4.69, 9.17) is 4.74 Å². The van der Waals surface area contributed by atoms with Crippen LogP contribution in [-0.4, -0.2) is 23.4 Å². The number of benzene rings is 1. The lowest BCUT2D eigenvalue weighted by atomic mass is 9.92. The molecule has 0 saturated carbocycles. The largest absolute Gasteiger partial charge is 0.396 e. The molecule has 2 atom stereocenters. The summed E-state index contributed by atoms with van der Waals surface area (Å²) in [7, 11) is 0. The summed E-state index contributed by atoms with van der Waals surface area (Å²) in [6.07, 6.45) is 4.47. The van der Waals surface area contributed by atoms with Crippen LogP contribution >= 0.6 is 0 Å². The van der Waals surface area contributed by atoms with Crippen molar-refractivity contribution in [2.75, 3.05) is 6.61 Å². The minimum absolute atomic E-state index is 0.0218. The molecule has 19 heavy (non-hydrogen) atoms. The topological polar surface area (TPSA) is 29.5 Å². The van der Waals surface area contributed by atoms with Crippen LogP contribution in [0.25, 0.3) is 0 Å². The summed E-state index contributed by atoms with van der Waals surface area (Å²) >= 11 is 0. The quantitative estimate of drug-likeness (QED) is 0.880. The maximum Gasteiger partial charge on any atom is 0.0631 e. The van der Waals surface area contributed by atoms with Crippen LogP contribution in [0.3, 0.4) is 0 Å². The molecule has 0 bridgehead atoms. The van der Waals surface area contributed by atoms with E-state index in [-0.39, 0.29) is 12.2 Å². The molecule has 0 amide bonds. The molecule has 1 aromatic carbocycles. The summed E-state index contributed by atoms with van der Waals surface area (Å²) in [5.74, 6) is 0.306. The van der Waals surface area contributed by atoms with Gasteiger partial charge in [-0.15, -0.1) is 0 Å². The standard InChI is InChI=1S/C17H26O2/c1-13-5-4-6-14(9-13)10-15(12-18)11-16-7-8-17(2,3)19-16/h4-6,9,15-16,18H,7-8,10-12H2,1-3H3. The first-order valence-electron chi connectivity index (χ1n) is 7.33. The van der Waals surface area contributed by atoms with Gasteiger partial charge in [0.15, 0.2) is 0 Å². The maximum atomic E-state index is 9.59. The van der Waals surface area contributed by atoms with Crippen molar-refractivity contribution in [2.24, 2.45) is 5.92 Å². The van der Waals surface area contributed by atoms with E-state index in [1.165, 1.54) is 11.1 Å². The molecule has 0 aliphatic carbocycles. The van der Waals surface area contributed by atoms with Crippen LogP contribution in [0.2, 0.25) is 0 Å². The monoisotopic (exact) mass is 262 g/mol. The van der Waals surface area contributed by atoms with Crippen molar-refractivity contribution >= 4 is 0 Å². The van der Waals surface area contributed by atoms with Crippen LogP contribution in [0.4, 0.5) is 0 Å². The highest BCUT2D eigenvalue weighted by Crippen LogP contribution is 2.33. The SMILES string of the molecule is Cc1cccc(CC(CO)CC2CCC(C)(C)O2)c1.